The van der Waals surface area contributed by atoms with Crippen LogP contribution in [0, 0.1) is 16.7 Å². The predicted molar refractivity (Wildman–Crippen MR) is 327 cm³/mol. The molecule has 2 bridgehead atoms. The lowest BCUT2D eigenvalue weighted by atomic mass is 9.44. The number of fused-ring (bicyclic) bond motifs is 8. The van der Waals surface area contributed by atoms with Gasteiger partial charge in [-0.25, -0.2) is 14.4 Å². The molecule has 504 valence electrons. The number of alkyl carbamates (subject to hydrolysis) is 1. The van der Waals surface area contributed by atoms with Gasteiger partial charge >= 0.3 is 24.0 Å². The van der Waals surface area contributed by atoms with Crippen molar-refractivity contribution in [2.24, 2.45) is 22.5 Å². The number of nitrogens with two attached hydrogens (primary N) is 1. The van der Waals surface area contributed by atoms with E-state index in [9.17, 15) is 79.2 Å². The smallest absolute Gasteiger partial charge is 0.408 e. The number of aromatic hydroxyl groups is 2. The van der Waals surface area contributed by atoms with E-state index >= 15 is 0 Å². The molecule has 4 aromatic carbocycles. The van der Waals surface area contributed by atoms with Crippen LogP contribution in [-0.4, -0.2) is 178 Å². The second kappa shape index (κ2) is 25.1. The third kappa shape index (κ3) is 11.7. The van der Waals surface area contributed by atoms with Crippen LogP contribution in [0.15, 0.2) is 96.1 Å². The van der Waals surface area contributed by atoms with E-state index < -0.39 is 184 Å². The zero-order valence-corrected chi connectivity index (χ0v) is 53.6. The van der Waals surface area contributed by atoms with Crippen molar-refractivity contribution >= 4 is 47.1 Å². The average molecular weight is 1310 g/mol. The number of ketones is 4. The molecule has 7 aliphatic rings. The van der Waals surface area contributed by atoms with Crippen LogP contribution in [0.3, 0.4) is 0 Å². The van der Waals surface area contributed by atoms with E-state index in [1.165, 1.54) is 45.0 Å². The summed E-state index contributed by atoms with van der Waals surface area (Å²) in [6.45, 7) is 14.6. The Morgan fingerprint density at radius 2 is 1.37 bits per heavy atom. The molecule has 1 amide bonds. The van der Waals surface area contributed by atoms with Crippen molar-refractivity contribution in [2.45, 2.75) is 197 Å². The molecular weight excluding hydrogens is 1220 g/mol. The highest BCUT2D eigenvalue weighted by Crippen LogP contribution is 2.64. The summed E-state index contributed by atoms with van der Waals surface area (Å²) in [5, 5.41) is 95.4. The number of hydrogen-bond donors (Lipinski definition) is 10. The third-order valence-electron chi connectivity index (χ3n) is 20.1. The van der Waals surface area contributed by atoms with Crippen LogP contribution < -0.4 is 11.1 Å². The van der Waals surface area contributed by atoms with Crippen molar-refractivity contribution in [1.82, 2.24) is 5.32 Å². The molecule has 4 aromatic rings. The van der Waals surface area contributed by atoms with Gasteiger partial charge in [-0.1, -0.05) is 86.6 Å². The van der Waals surface area contributed by atoms with Crippen molar-refractivity contribution in [2.75, 3.05) is 6.61 Å². The van der Waals surface area contributed by atoms with E-state index in [2.05, 4.69) is 5.32 Å². The SMILES string of the molecule is CC(=O)O[C@@]12CO[C@@H]1C[C@H](O)[C@@]1(C)C(=O)[C@H](O)C3=C(C)[C@@H](OC(=O)[C@H](O)[C@@H](NC(=O)OC(C)(C)C)c4ccccc4)C[C@@](O)([C@@H](OC(=O)c4ccccc4)[C@H]21)C3(C)C.CC(=O)[C@]1(O)Cc2c(O)c3c(c(O)c2[C@@H](O[C@H]2C[C@H](N)[C@H](O)[C@H](C)O2)C1)C(=O)c1ccccc1C3=O. The molecule has 2 aliphatic heterocycles. The van der Waals surface area contributed by atoms with Gasteiger partial charge in [0.1, 0.15) is 52.7 Å². The molecule has 2 heterocycles. The monoisotopic (exact) mass is 1300 g/mol. The quantitative estimate of drug-likeness (QED) is 0.0382. The zero-order valence-electron chi connectivity index (χ0n) is 53.6. The summed E-state index contributed by atoms with van der Waals surface area (Å²) in [4.78, 5) is 108. The maximum absolute atomic E-state index is 14.9. The van der Waals surface area contributed by atoms with Crippen LogP contribution in [0.2, 0.25) is 0 Å². The van der Waals surface area contributed by atoms with Gasteiger partial charge in [-0.2, -0.15) is 0 Å². The van der Waals surface area contributed by atoms with Crippen LogP contribution in [0.1, 0.15) is 166 Å². The number of esters is 3. The number of carbonyl (C=O) groups is 8. The van der Waals surface area contributed by atoms with E-state index in [-0.39, 0.29) is 76.0 Å². The number of aliphatic hydroxyl groups excluding tert-OH is 4. The molecule has 4 fully saturated rings. The van der Waals surface area contributed by atoms with Gasteiger partial charge < -0.3 is 85.1 Å². The van der Waals surface area contributed by atoms with E-state index in [4.69, 9.17) is 38.9 Å². The minimum atomic E-state index is -2.35. The minimum absolute atomic E-state index is 0.00588. The lowest BCUT2D eigenvalue weighted by molar-refractivity contribution is -0.346. The van der Waals surface area contributed by atoms with Gasteiger partial charge in [-0.05, 0) is 77.3 Å². The first kappa shape index (κ1) is 69.0. The highest BCUT2D eigenvalue weighted by molar-refractivity contribution is 6.30. The van der Waals surface area contributed by atoms with Crippen LogP contribution in [0.25, 0.3) is 0 Å². The minimum Gasteiger partial charge on any atom is -0.507 e. The normalized spacial score (nSPS) is 32.8. The number of rotatable bonds is 11. The second-order valence-electron chi connectivity index (χ2n) is 27.4. The molecule has 0 aromatic heterocycles. The lowest BCUT2D eigenvalue weighted by Gasteiger charge is -2.67. The molecule has 11 rings (SSSR count). The number of nitrogens with one attached hydrogen (secondary N) is 1. The third-order valence-corrected chi connectivity index (χ3v) is 20.1. The number of ether oxygens (including phenoxy) is 7. The molecule has 11 N–H and O–H groups in total. The molecule has 0 radical (unpaired) electrons. The average Bonchev–Trinajstić information content (AvgIpc) is 0.672. The Morgan fingerprint density at radius 1 is 0.787 bits per heavy atom. The standard InChI is InChI=1S/C43H53NO14.C26H27NO9/c1-22-26(55-37(51)32(48)30(24-15-11-9-12-16-24)44-38(52)58-39(3,4)5)20-43(53)35(56-36(50)25-17-13-10-14-18-25)33-41(8,34(49)31(47)29(22)40(43,6)7)27(46)19-28-42(33,21-54-28)57-23(2)45;1-10-21(29)15(27)7-17(35-10)36-16-9-26(34,11(2)28)8-14-18(16)25(33)20-19(24(14)32)22(30)12-5-3-4-6-13(12)23(20)31/h9-18,26-28,30-33,35,46-48,53H,19-21H2,1-8H3,(H,44,52);3-6,10,15-17,21,29,32-34H,7-9,27H2,1-2H3/t26-,27-,28+,30-,31+,32+,33-,35-,41+,42-,43+;10-,15-,16-,17-,21+,26-/m00/s1. The summed E-state index contributed by atoms with van der Waals surface area (Å²) in [5.74, 6) is -8.42. The summed E-state index contributed by atoms with van der Waals surface area (Å²) in [6, 6.07) is 20.0. The van der Waals surface area contributed by atoms with Crippen LogP contribution in [0.5, 0.6) is 11.5 Å². The highest BCUT2D eigenvalue weighted by Gasteiger charge is 2.78. The molecule has 25 heteroatoms. The Balaban J connectivity index is 0.000000228. The fourth-order valence-corrected chi connectivity index (χ4v) is 15.0. The number of aliphatic hydroxyl groups is 6. The van der Waals surface area contributed by atoms with Crippen LogP contribution in [0.4, 0.5) is 4.79 Å². The molecule has 0 spiro atoms. The molecule has 2 saturated heterocycles. The van der Waals surface area contributed by atoms with Gasteiger partial charge in [-0.15, -0.1) is 0 Å². The predicted octanol–water partition coefficient (Wildman–Crippen LogP) is 4.28. The fourth-order valence-electron chi connectivity index (χ4n) is 15.0. The second-order valence-corrected chi connectivity index (χ2v) is 27.4. The van der Waals surface area contributed by atoms with Crippen LogP contribution in [-0.2, 0) is 58.8 Å². The largest absolute Gasteiger partial charge is 0.507 e. The van der Waals surface area contributed by atoms with E-state index in [0.29, 0.717) is 5.56 Å². The Bertz CT molecular complexity index is 3740. The number of phenolic OH excluding ortho intramolecular Hbond substituents is 2. The number of amides is 1. The first-order valence-electron chi connectivity index (χ1n) is 31.0. The van der Waals surface area contributed by atoms with Gasteiger partial charge in [-0.3, -0.25) is 24.0 Å². The first-order valence-corrected chi connectivity index (χ1v) is 31.0. The highest BCUT2D eigenvalue weighted by atomic mass is 16.7. The zero-order chi connectivity index (χ0) is 68.9. The van der Waals surface area contributed by atoms with Crippen molar-refractivity contribution in [3.05, 3.63) is 141 Å². The van der Waals surface area contributed by atoms with Crippen molar-refractivity contribution in [1.29, 1.82) is 0 Å². The molecule has 0 unspecified atom stereocenters. The molecule has 17 atom stereocenters. The van der Waals surface area contributed by atoms with Crippen LogP contribution >= 0.6 is 0 Å². The Hall–Kier alpha value is -7.82. The maximum Gasteiger partial charge on any atom is 0.408 e. The maximum atomic E-state index is 14.9. The molecular formula is C69H80N2O23. The van der Waals surface area contributed by atoms with E-state index in [1.807, 2.05) is 0 Å². The van der Waals surface area contributed by atoms with Gasteiger partial charge in [0, 0.05) is 72.7 Å². The summed E-state index contributed by atoms with van der Waals surface area (Å²) < 4.78 is 41.3. The Kier molecular flexibility index (Phi) is 18.4. The molecule has 94 heavy (non-hydrogen) atoms. The van der Waals surface area contributed by atoms with E-state index in [0.717, 1.165) is 6.92 Å². The number of benzene rings is 4. The van der Waals surface area contributed by atoms with Crippen molar-refractivity contribution < 1.29 is 112 Å². The number of hydrogen-bond acceptors (Lipinski definition) is 24. The first-order chi connectivity index (χ1) is 43.9. The van der Waals surface area contributed by atoms with Crippen molar-refractivity contribution in [3.8, 4) is 11.5 Å². The van der Waals surface area contributed by atoms with Gasteiger partial charge in [0.05, 0.1) is 65.1 Å². The fraction of sp³-hybridized carbons (Fsp3) is 0.507. The lowest BCUT2D eigenvalue weighted by Crippen LogP contribution is -2.81. The van der Waals surface area contributed by atoms with Gasteiger partial charge in [0.15, 0.2) is 41.1 Å². The van der Waals surface area contributed by atoms with Gasteiger partial charge in [0.25, 0.3) is 0 Å². The summed E-state index contributed by atoms with van der Waals surface area (Å²) in [7, 11) is 0. The summed E-state index contributed by atoms with van der Waals surface area (Å²) in [6.07, 6.45) is -15.9. The van der Waals surface area contributed by atoms with Gasteiger partial charge in [0.2, 0.25) is 0 Å². The summed E-state index contributed by atoms with van der Waals surface area (Å²) in [5.41, 5.74) is -4.76. The number of carbonyl (C=O) groups excluding carboxylic acids is 8. The number of Topliss-reactive ketones (excluding diaryl/α,β-unsaturated/α-hetero) is 2. The van der Waals surface area contributed by atoms with E-state index in [1.54, 1.807) is 102 Å². The number of phenols is 2. The Labute approximate surface area is 541 Å². The topological polar surface area (TPSA) is 401 Å². The summed E-state index contributed by atoms with van der Waals surface area (Å²) >= 11 is 0. The molecule has 25 nitrogen and oxygen atoms in total. The molecule has 2 saturated carbocycles. The Morgan fingerprint density at radius 3 is 1.93 bits per heavy atom. The molecule has 5 aliphatic carbocycles. The van der Waals surface area contributed by atoms with Crippen molar-refractivity contribution in [3.63, 3.8) is 0 Å².